The average Bonchev–Trinajstić information content (AvgIpc) is 2.06. The SMILES string of the molecule is [CH2]C=Cc1ccc(OC(F)(F)F)cc1. The number of rotatable bonds is 2. The Morgan fingerprint density at radius 3 is 2.14 bits per heavy atom. The van der Waals surface area contributed by atoms with E-state index in [4.69, 9.17) is 0 Å². The predicted molar refractivity (Wildman–Crippen MR) is 47.5 cm³/mol. The maximum absolute atomic E-state index is 11.7. The molecule has 0 atom stereocenters. The van der Waals surface area contributed by atoms with Crippen LogP contribution in [0.5, 0.6) is 5.75 Å². The molecule has 1 aromatic carbocycles. The second kappa shape index (κ2) is 4.17. The summed E-state index contributed by atoms with van der Waals surface area (Å²) in [5.41, 5.74) is 0.773. The molecule has 0 aromatic heterocycles. The Hall–Kier alpha value is -1.45. The van der Waals surface area contributed by atoms with E-state index in [1.54, 1.807) is 12.2 Å². The van der Waals surface area contributed by atoms with Crippen LogP contribution >= 0.6 is 0 Å². The molecule has 75 valence electrons. The first-order chi connectivity index (χ1) is 6.51. The summed E-state index contributed by atoms with van der Waals surface area (Å²) < 4.78 is 38.9. The number of hydrogen-bond donors (Lipinski definition) is 0. The van der Waals surface area contributed by atoms with E-state index in [1.807, 2.05) is 0 Å². The van der Waals surface area contributed by atoms with Gasteiger partial charge >= 0.3 is 6.36 Å². The van der Waals surface area contributed by atoms with E-state index in [0.29, 0.717) is 0 Å². The van der Waals surface area contributed by atoms with Crippen molar-refractivity contribution in [2.75, 3.05) is 0 Å². The monoisotopic (exact) mass is 201 g/mol. The van der Waals surface area contributed by atoms with Gasteiger partial charge in [-0.05, 0) is 24.6 Å². The minimum Gasteiger partial charge on any atom is -0.406 e. The van der Waals surface area contributed by atoms with Gasteiger partial charge in [0.05, 0.1) is 0 Å². The molecule has 1 aromatic rings. The number of allylic oxidation sites excluding steroid dienone is 1. The summed E-state index contributed by atoms with van der Waals surface area (Å²) in [6.45, 7) is 3.47. The number of alkyl halides is 3. The molecule has 1 radical (unpaired) electrons. The molecular weight excluding hydrogens is 193 g/mol. The quantitative estimate of drug-likeness (QED) is 0.712. The van der Waals surface area contributed by atoms with Crippen LogP contribution in [-0.4, -0.2) is 6.36 Å². The van der Waals surface area contributed by atoms with Crippen molar-refractivity contribution in [3.63, 3.8) is 0 Å². The third-order valence-electron chi connectivity index (χ3n) is 1.42. The minimum atomic E-state index is -4.64. The van der Waals surface area contributed by atoms with Gasteiger partial charge in [-0.1, -0.05) is 24.3 Å². The summed E-state index contributed by atoms with van der Waals surface area (Å²) in [7, 11) is 0. The Bertz CT molecular complexity index is 311. The third-order valence-corrected chi connectivity index (χ3v) is 1.42. The summed E-state index contributed by atoms with van der Waals surface area (Å²) in [5.74, 6) is -0.223. The molecule has 0 heterocycles. The van der Waals surface area contributed by atoms with Crippen LogP contribution in [0.15, 0.2) is 30.3 Å². The largest absolute Gasteiger partial charge is 0.573 e. The molecule has 0 fully saturated rings. The molecule has 0 aliphatic heterocycles. The van der Waals surface area contributed by atoms with Crippen molar-refractivity contribution in [2.24, 2.45) is 0 Å². The molecule has 1 nitrogen and oxygen atoms in total. The highest BCUT2D eigenvalue weighted by molar-refractivity contribution is 5.50. The number of hydrogen-bond acceptors (Lipinski definition) is 1. The van der Waals surface area contributed by atoms with Crippen LogP contribution in [0.1, 0.15) is 5.56 Å². The second-order valence-electron chi connectivity index (χ2n) is 2.52. The van der Waals surface area contributed by atoms with Gasteiger partial charge in [0.1, 0.15) is 5.75 Å². The Morgan fingerprint density at radius 1 is 1.14 bits per heavy atom. The van der Waals surface area contributed by atoms with Crippen LogP contribution in [0.2, 0.25) is 0 Å². The molecule has 0 amide bonds. The van der Waals surface area contributed by atoms with Crippen LogP contribution in [0.3, 0.4) is 0 Å². The molecule has 1 rings (SSSR count). The smallest absolute Gasteiger partial charge is 0.406 e. The molecule has 0 aliphatic carbocycles. The molecule has 0 aliphatic rings. The summed E-state index contributed by atoms with van der Waals surface area (Å²) >= 11 is 0. The van der Waals surface area contributed by atoms with Crippen molar-refractivity contribution in [1.29, 1.82) is 0 Å². The predicted octanol–water partition coefficient (Wildman–Crippen LogP) is 3.43. The molecule has 0 bridgehead atoms. The first-order valence-corrected chi connectivity index (χ1v) is 3.83. The van der Waals surface area contributed by atoms with Gasteiger partial charge in [0.15, 0.2) is 0 Å². The van der Waals surface area contributed by atoms with E-state index in [1.165, 1.54) is 24.3 Å². The molecule has 4 heteroatoms. The molecule has 0 spiro atoms. The van der Waals surface area contributed by atoms with Crippen molar-refractivity contribution < 1.29 is 17.9 Å². The summed E-state index contributed by atoms with van der Waals surface area (Å²) in [4.78, 5) is 0. The first-order valence-electron chi connectivity index (χ1n) is 3.83. The van der Waals surface area contributed by atoms with Crippen molar-refractivity contribution in [3.05, 3.63) is 42.8 Å². The van der Waals surface area contributed by atoms with E-state index >= 15 is 0 Å². The Morgan fingerprint density at radius 2 is 1.71 bits per heavy atom. The third kappa shape index (κ3) is 3.51. The minimum absolute atomic E-state index is 0.223. The standard InChI is InChI=1S/C10H8F3O/c1-2-3-8-4-6-9(7-5-8)14-10(11,12)13/h2-7H,1H2. The summed E-state index contributed by atoms with van der Waals surface area (Å²) in [5, 5.41) is 0. The lowest BCUT2D eigenvalue weighted by atomic mass is 10.2. The highest BCUT2D eigenvalue weighted by Gasteiger charge is 2.30. The molecule has 0 N–H and O–H groups in total. The van der Waals surface area contributed by atoms with Gasteiger partial charge in [-0.3, -0.25) is 0 Å². The van der Waals surface area contributed by atoms with E-state index in [9.17, 15) is 13.2 Å². The fraction of sp³-hybridized carbons (Fsp3) is 0.100. The van der Waals surface area contributed by atoms with E-state index in [2.05, 4.69) is 11.7 Å². The van der Waals surface area contributed by atoms with Gasteiger partial charge in [-0.25, -0.2) is 0 Å². The average molecular weight is 201 g/mol. The molecule has 14 heavy (non-hydrogen) atoms. The second-order valence-corrected chi connectivity index (χ2v) is 2.52. The van der Waals surface area contributed by atoms with Crippen molar-refractivity contribution >= 4 is 6.08 Å². The van der Waals surface area contributed by atoms with E-state index in [0.717, 1.165) is 5.56 Å². The van der Waals surface area contributed by atoms with Crippen LogP contribution in [0.25, 0.3) is 6.08 Å². The Kier molecular flexibility index (Phi) is 3.17. The van der Waals surface area contributed by atoms with E-state index < -0.39 is 6.36 Å². The zero-order chi connectivity index (χ0) is 10.6. The Labute approximate surface area is 79.8 Å². The lowest BCUT2D eigenvalue weighted by Crippen LogP contribution is -2.16. The summed E-state index contributed by atoms with van der Waals surface area (Å²) in [6, 6.07) is 5.54. The van der Waals surface area contributed by atoms with Gasteiger partial charge in [0, 0.05) is 0 Å². The van der Waals surface area contributed by atoms with Gasteiger partial charge in [-0.15, -0.1) is 13.2 Å². The summed E-state index contributed by atoms with van der Waals surface area (Å²) in [6.07, 6.45) is -1.40. The highest BCUT2D eigenvalue weighted by atomic mass is 19.4. The Balaban J connectivity index is 2.74. The lowest BCUT2D eigenvalue weighted by Gasteiger charge is -2.08. The van der Waals surface area contributed by atoms with Gasteiger partial charge in [-0.2, -0.15) is 0 Å². The van der Waals surface area contributed by atoms with Crippen LogP contribution in [0, 0.1) is 6.92 Å². The van der Waals surface area contributed by atoms with Crippen molar-refractivity contribution in [2.45, 2.75) is 6.36 Å². The fourth-order valence-corrected chi connectivity index (χ4v) is 0.917. The maximum Gasteiger partial charge on any atom is 0.573 e. The fourth-order valence-electron chi connectivity index (χ4n) is 0.917. The van der Waals surface area contributed by atoms with Gasteiger partial charge in [0.25, 0.3) is 0 Å². The van der Waals surface area contributed by atoms with Gasteiger partial charge in [0.2, 0.25) is 0 Å². The zero-order valence-electron chi connectivity index (χ0n) is 7.21. The highest BCUT2D eigenvalue weighted by Crippen LogP contribution is 2.22. The molecular formula is C10H8F3O. The molecule has 0 saturated heterocycles. The molecule has 0 unspecified atom stereocenters. The maximum atomic E-state index is 11.7. The van der Waals surface area contributed by atoms with E-state index in [-0.39, 0.29) is 5.75 Å². The zero-order valence-corrected chi connectivity index (χ0v) is 7.21. The number of halogens is 3. The molecule has 0 saturated carbocycles. The number of ether oxygens (including phenoxy) is 1. The van der Waals surface area contributed by atoms with Crippen molar-refractivity contribution in [3.8, 4) is 5.75 Å². The first kappa shape index (κ1) is 10.6. The topological polar surface area (TPSA) is 9.23 Å². The number of benzene rings is 1. The van der Waals surface area contributed by atoms with Crippen molar-refractivity contribution in [1.82, 2.24) is 0 Å². The van der Waals surface area contributed by atoms with Crippen LogP contribution < -0.4 is 4.74 Å². The van der Waals surface area contributed by atoms with Crippen LogP contribution in [0.4, 0.5) is 13.2 Å². The normalized spacial score (nSPS) is 12.0. The lowest BCUT2D eigenvalue weighted by molar-refractivity contribution is -0.274. The van der Waals surface area contributed by atoms with Crippen LogP contribution in [-0.2, 0) is 0 Å². The van der Waals surface area contributed by atoms with Gasteiger partial charge < -0.3 is 4.74 Å².